The van der Waals surface area contributed by atoms with E-state index < -0.39 is 0 Å². The highest BCUT2D eigenvalue weighted by Gasteiger charge is 2.01. The fourth-order valence-electron chi connectivity index (χ4n) is 1.12. The second-order valence-electron chi connectivity index (χ2n) is 2.49. The zero-order valence-corrected chi connectivity index (χ0v) is 8.42. The van der Waals surface area contributed by atoms with E-state index in [0.717, 1.165) is 22.6 Å². The molecule has 0 saturated carbocycles. The van der Waals surface area contributed by atoms with Crippen LogP contribution in [0.5, 0.6) is 0 Å². The summed E-state index contributed by atoms with van der Waals surface area (Å²) in [6.45, 7) is 7.82. The highest BCUT2D eigenvalue weighted by atomic mass is 15.1. The molecule has 2 rings (SSSR count). The maximum absolute atomic E-state index is 4.20. The second kappa shape index (κ2) is 3.98. The van der Waals surface area contributed by atoms with E-state index in [2.05, 4.69) is 20.2 Å². The van der Waals surface area contributed by atoms with Gasteiger partial charge in [-0.1, -0.05) is 13.8 Å². The quantitative estimate of drug-likeness (QED) is 0.671. The Balaban J connectivity index is 0.000000396. The molecule has 0 radical (unpaired) electrons. The number of aryl methyl sites for hydroxylation is 2. The predicted octanol–water partition coefficient (Wildman–Crippen LogP) is 2.00. The van der Waals surface area contributed by atoms with Gasteiger partial charge >= 0.3 is 0 Å². The van der Waals surface area contributed by atoms with Crippen molar-refractivity contribution in [3.63, 3.8) is 0 Å². The summed E-state index contributed by atoms with van der Waals surface area (Å²) in [7, 11) is 0. The molecular weight excluding hydrogens is 164 g/mol. The Morgan fingerprint density at radius 1 is 1.15 bits per heavy atom. The van der Waals surface area contributed by atoms with E-state index in [0.29, 0.717) is 0 Å². The predicted molar refractivity (Wildman–Crippen MR) is 52.5 cm³/mol. The first-order chi connectivity index (χ1) is 6.27. The van der Waals surface area contributed by atoms with E-state index in [1.807, 2.05) is 27.7 Å². The largest absolute Gasteiger partial charge is 0.261 e. The Bertz CT molecular complexity index is 391. The van der Waals surface area contributed by atoms with E-state index in [1.54, 1.807) is 6.20 Å². The minimum Gasteiger partial charge on any atom is -0.261 e. The van der Waals surface area contributed by atoms with Crippen LogP contribution in [0, 0.1) is 13.8 Å². The van der Waals surface area contributed by atoms with Crippen molar-refractivity contribution in [3.05, 3.63) is 17.7 Å². The number of hydrogen-bond donors (Lipinski definition) is 1. The normalized spacial score (nSPS) is 9.54. The smallest absolute Gasteiger partial charge is 0.159 e. The number of fused-ring (bicyclic) bond motifs is 1. The van der Waals surface area contributed by atoms with Crippen LogP contribution in [-0.2, 0) is 0 Å². The lowest BCUT2D eigenvalue weighted by Gasteiger charge is -1.94. The first kappa shape index (κ1) is 9.64. The van der Waals surface area contributed by atoms with E-state index in [9.17, 15) is 0 Å². The number of hydrogen-bond acceptors (Lipinski definition) is 3. The highest BCUT2D eigenvalue weighted by molar-refractivity contribution is 5.75. The molecule has 4 nitrogen and oxygen atoms in total. The van der Waals surface area contributed by atoms with Crippen LogP contribution >= 0.6 is 0 Å². The Kier molecular flexibility index (Phi) is 2.95. The van der Waals surface area contributed by atoms with Crippen LogP contribution in [0.4, 0.5) is 0 Å². The molecule has 2 heterocycles. The van der Waals surface area contributed by atoms with Gasteiger partial charge < -0.3 is 0 Å². The van der Waals surface area contributed by atoms with Crippen LogP contribution in [0.3, 0.4) is 0 Å². The Morgan fingerprint density at radius 3 is 2.54 bits per heavy atom. The molecule has 0 amide bonds. The third-order valence-electron chi connectivity index (χ3n) is 1.61. The monoisotopic (exact) mass is 178 g/mol. The van der Waals surface area contributed by atoms with Crippen molar-refractivity contribution >= 4 is 11.0 Å². The molecule has 2 aromatic rings. The molecule has 0 fully saturated rings. The van der Waals surface area contributed by atoms with Crippen molar-refractivity contribution in [1.29, 1.82) is 0 Å². The van der Waals surface area contributed by atoms with Crippen LogP contribution in [-0.4, -0.2) is 20.2 Å². The summed E-state index contributed by atoms with van der Waals surface area (Å²) >= 11 is 0. The third kappa shape index (κ3) is 1.83. The van der Waals surface area contributed by atoms with Crippen LogP contribution in [0.2, 0.25) is 0 Å². The lowest BCUT2D eigenvalue weighted by atomic mass is 10.3. The van der Waals surface area contributed by atoms with Gasteiger partial charge in [-0.2, -0.15) is 5.10 Å². The maximum atomic E-state index is 4.20. The Morgan fingerprint density at radius 2 is 1.85 bits per heavy atom. The molecule has 0 bridgehead atoms. The zero-order chi connectivity index (χ0) is 9.84. The van der Waals surface area contributed by atoms with Crippen LogP contribution in [0.1, 0.15) is 25.4 Å². The average Bonchev–Trinajstić information content (AvgIpc) is 2.55. The van der Waals surface area contributed by atoms with Crippen molar-refractivity contribution in [1.82, 2.24) is 20.2 Å². The molecule has 2 aromatic heterocycles. The fourth-order valence-corrected chi connectivity index (χ4v) is 1.12. The summed E-state index contributed by atoms with van der Waals surface area (Å²) in [5, 5.41) is 7.67. The number of rotatable bonds is 0. The van der Waals surface area contributed by atoms with E-state index in [1.165, 1.54) is 0 Å². The molecular formula is C9H14N4. The molecule has 1 N–H and O–H groups in total. The summed E-state index contributed by atoms with van der Waals surface area (Å²) in [6, 6.07) is 0. The van der Waals surface area contributed by atoms with Crippen molar-refractivity contribution in [2.24, 2.45) is 0 Å². The minimum absolute atomic E-state index is 0.777. The van der Waals surface area contributed by atoms with E-state index >= 15 is 0 Å². The first-order valence-electron chi connectivity index (χ1n) is 4.41. The number of nitrogens with zero attached hydrogens (tertiary/aromatic N) is 3. The van der Waals surface area contributed by atoms with Crippen LogP contribution in [0.15, 0.2) is 6.20 Å². The summed E-state index contributed by atoms with van der Waals surface area (Å²) < 4.78 is 0. The van der Waals surface area contributed by atoms with Gasteiger partial charge in [0.1, 0.15) is 5.82 Å². The molecule has 0 unspecified atom stereocenters. The zero-order valence-electron chi connectivity index (χ0n) is 8.42. The summed E-state index contributed by atoms with van der Waals surface area (Å²) in [5.41, 5.74) is 1.79. The van der Waals surface area contributed by atoms with Crippen LogP contribution in [0.25, 0.3) is 11.0 Å². The number of aromatic nitrogens is 4. The SMILES string of the molecule is CC.Cc1nc(C)c2cn[nH]c2n1. The lowest BCUT2D eigenvalue weighted by Crippen LogP contribution is -1.90. The molecule has 0 aliphatic rings. The topological polar surface area (TPSA) is 54.5 Å². The highest BCUT2D eigenvalue weighted by Crippen LogP contribution is 2.10. The molecule has 0 aliphatic heterocycles. The summed E-state index contributed by atoms with van der Waals surface area (Å²) in [5.74, 6) is 0.777. The van der Waals surface area contributed by atoms with Gasteiger partial charge in [-0.05, 0) is 13.8 Å². The third-order valence-corrected chi connectivity index (χ3v) is 1.61. The molecule has 0 spiro atoms. The minimum atomic E-state index is 0.777. The average molecular weight is 178 g/mol. The molecule has 4 heteroatoms. The van der Waals surface area contributed by atoms with Gasteiger partial charge in [-0.25, -0.2) is 9.97 Å². The number of nitrogens with one attached hydrogen (secondary N) is 1. The van der Waals surface area contributed by atoms with Crippen molar-refractivity contribution in [2.75, 3.05) is 0 Å². The lowest BCUT2D eigenvalue weighted by molar-refractivity contribution is 1.03. The van der Waals surface area contributed by atoms with E-state index in [4.69, 9.17) is 0 Å². The van der Waals surface area contributed by atoms with E-state index in [-0.39, 0.29) is 0 Å². The number of aromatic amines is 1. The molecule has 0 atom stereocenters. The van der Waals surface area contributed by atoms with Crippen molar-refractivity contribution in [3.8, 4) is 0 Å². The van der Waals surface area contributed by atoms with Gasteiger partial charge in [0.05, 0.1) is 17.3 Å². The van der Waals surface area contributed by atoms with Crippen molar-refractivity contribution < 1.29 is 0 Å². The molecule has 70 valence electrons. The Hall–Kier alpha value is -1.45. The second-order valence-corrected chi connectivity index (χ2v) is 2.49. The van der Waals surface area contributed by atoms with Gasteiger partial charge in [0.25, 0.3) is 0 Å². The van der Waals surface area contributed by atoms with Crippen molar-refractivity contribution in [2.45, 2.75) is 27.7 Å². The molecule has 0 saturated heterocycles. The summed E-state index contributed by atoms with van der Waals surface area (Å²) in [6.07, 6.45) is 1.74. The fraction of sp³-hybridized carbons (Fsp3) is 0.444. The van der Waals surface area contributed by atoms with Gasteiger partial charge in [-0.3, -0.25) is 5.10 Å². The van der Waals surface area contributed by atoms with Crippen LogP contribution < -0.4 is 0 Å². The van der Waals surface area contributed by atoms with Gasteiger partial charge in [0.2, 0.25) is 0 Å². The first-order valence-corrected chi connectivity index (χ1v) is 4.41. The Labute approximate surface area is 77.4 Å². The van der Waals surface area contributed by atoms with Gasteiger partial charge in [-0.15, -0.1) is 0 Å². The van der Waals surface area contributed by atoms with Gasteiger partial charge in [0.15, 0.2) is 5.65 Å². The molecule has 0 aliphatic carbocycles. The molecule has 0 aromatic carbocycles. The number of H-pyrrole nitrogens is 1. The maximum Gasteiger partial charge on any atom is 0.159 e. The van der Waals surface area contributed by atoms with Gasteiger partial charge in [0, 0.05) is 0 Å². The molecule has 13 heavy (non-hydrogen) atoms. The summed E-state index contributed by atoms with van der Waals surface area (Å²) in [4.78, 5) is 8.37. The standard InChI is InChI=1S/C7H8N4.C2H6/c1-4-6-3-8-11-7(6)10-5(2)9-4;1-2/h3H,1-2H3,(H,8,9,10,11);1-2H3.